The lowest BCUT2D eigenvalue weighted by atomic mass is 9.90. The van der Waals surface area contributed by atoms with Crippen LogP contribution in [0.4, 0.5) is 5.69 Å². The minimum absolute atomic E-state index is 0.0261. The van der Waals surface area contributed by atoms with Crippen LogP contribution in [0.1, 0.15) is 30.5 Å². The summed E-state index contributed by atoms with van der Waals surface area (Å²) < 4.78 is 0. The maximum atomic E-state index is 12.5. The van der Waals surface area contributed by atoms with Crippen LogP contribution in [0.2, 0.25) is 10.0 Å². The molecule has 2 aromatic rings. The fourth-order valence-electron chi connectivity index (χ4n) is 3.21. The number of carbonyl (C=O) groups is 2. The third-order valence-electron chi connectivity index (χ3n) is 4.40. The predicted molar refractivity (Wildman–Crippen MR) is 100.0 cm³/mol. The monoisotopic (exact) mass is 376 g/mol. The zero-order valence-electron chi connectivity index (χ0n) is 13.8. The molecular weight excluding hydrogens is 359 g/mol. The summed E-state index contributed by atoms with van der Waals surface area (Å²) in [5, 5.41) is 3.64. The van der Waals surface area contributed by atoms with E-state index in [2.05, 4.69) is 11.4 Å². The molecule has 1 heterocycles. The summed E-state index contributed by atoms with van der Waals surface area (Å²) in [6.07, 6.45) is 0.998. The summed E-state index contributed by atoms with van der Waals surface area (Å²) in [7, 11) is 0. The number of hydrogen-bond donors (Lipinski definition) is 1. The van der Waals surface area contributed by atoms with Crippen molar-refractivity contribution in [1.29, 1.82) is 0 Å². The first-order valence-electron chi connectivity index (χ1n) is 8.05. The van der Waals surface area contributed by atoms with Crippen LogP contribution >= 0.6 is 23.2 Å². The lowest BCUT2D eigenvalue weighted by Gasteiger charge is -2.36. The Bertz CT molecular complexity index is 823. The first kappa shape index (κ1) is 17.8. The average molecular weight is 377 g/mol. The number of rotatable bonds is 3. The summed E-state index contributed by atoms with van der Waals surface area (Å²) in [4.78, 5) is 26.3. The zero-order chi connectivity index (χ0) is 18.0. The molecule has 1 aliphatic heterocycles. The molecule has 6 heteroatoms. The Balaban J connectivity index is 1.80. The Morgan fingerprint density at radius 2 is 1.92 bits per heavy atom. The Labute approximate surface area is 156 Å². The Hall–Kier alpha value is -2.04. The number of anilines is 1. The standard InChI is InChI=1S/C19H18Cl2N2O2/c1-12(24)23-9-8-13-4-2-3-5-15(13)18(23)11-19(25)22-14-6-7-16(20)17(21)10-14/h2-7,10,18H,8-9,11H2,1H3,(H,22,25). The van der Waals surface area contributed by atoms with Crippen molar-refractivity contribution in [2.45, 2.75) is 25.8 Å². The molecule has 0 fully saturated rings. The molecule has 0 bridgehead atoms. The van der Waals surface area contributed by atoms with Crippen molar-refractivity contribution in [2.75, 3.05) is 11.9 Å². The van der Waals surface area contributed by atoms with Crippen LogP contribution in [0.5, 0.6) is 0 Å². The minimum atomic E-state index is -0.259. The zero-order valence-corrected chi connectivity index (χ0v) is 15.3. The lowest BCUT2D eigenvalue weighted by molar-refractivity contribution is -0.132. The SMILES string of the molecule is CC(=O)N1CCc2ccccc2C1CC(=O)Nc1ccc(Cl)c(Cl)c1. The van der Waals surface area contributed by atoms with Crippen molar-refractivity contribution in [3.8, 4) is 0 Å². The van der Waals surface area contributed by atoms with Gasteiger partial charge in [0.25, 0.3) is 0 Å². The van der Waals surface area contributed by atoms with Gasteiger partial charge in [-0.3, -0.25) is 9.59 Å². The van der Waals surface area contributed by atoms with E-state index >= 15 is 0 Å². The molecule has 1 aliphatic rings. The highest BCUT2D eigenvalue weighted by atomic mass is 35.5. The maximum Gasteiger partial charge on any atom is 0.226 e. The van der Waals surface area contributed by atoms with Gasteiger partial charge in [0.05, 0.1) is 22.5 Å². The number of amides is 2. The molecule has 0 aliphatic carbocycles. The molecule has 2 aromatic carbocycles. The molecule has 0 radical (unpaired) electrons. The molecule has 1 N–H and O–H groups in total. The van der Waals surface area contributed by atoms with Gasteiger partial charge in [-0.2, -0.15) is 0 Å². The molecule has 0 saturated heterocycles. The lowest BCUT2D eigenvalue weighted by Crippen LogP contribution is -2.40. The molecule has 3 rings (SSSR count). The van der Waals surface area contributed by atoms with Gasteiger partial charge in [0.2, 0.25) is 11.8 Å². The molecule has 130 valence electrons. The van der Waals surface area contributed by atoms with E-state index in [0.29, 0.717) is 22.3 Å². The van der Waals surface area contributed by atoms with Gasteiger partial charge >= 0.3 is 0 Å². The second-order valence-electron chi connectivity index (χ2n) is 6.06. The van der Waals surface area contributed by atoms with Gasteiger partial charge in [-0.1, -0.05) is 47.5 Å². The van der Waals surface area contributed by atoms with Crippen LogP contribution in [-0.2, 0) is 16.0 Å². The summed E-state index contributed by atoms with van der Waals surface area (Å²) in [6, 6.07) is 12.6. The molecule has 0 spiro atoms. The summed E-state index contributed by atoms with van der Waals surface area (Å²) in [6.45, 7) is 2.16. The van der Waals surface area contributed by atoms with Crippen molar-refractivity contribution in [2.24, 2.45) is 0 Å². The van der Waals surface area contributed by atoms with E-state index in [1.165, 1.54) is 12.5 Å². The fraction of sp³-hybridized carbons (Fsp3) is 0.263. The van der Waals surface area contributed by atoms with E-state index in [0.717, 1.165) is 12.0 Å². The summed E-state index contributed by atoms with van der Waals surface area (Å²) in [5.74, 6) is -0.201. The molecule has 0 saturated carbocycles. The number of hydrogen-bond acceptors (Lipinski definition) is 2. The number of carbonyl (C=O) groups excluding carboxylic acids is 2. The largest absolute Gasteiger partial charge is 0.335 e. The Morgan fingerprint density at radius 3 is 2.64 bits per heavy atom. The number of nitrogens with one attached hydrogen (secondary N) is 1. The smallest absolute Gasteiger partial charge is 0.226 e. The van der Waals surface area contributed by atoms with Gasteiger partial charge in [-0.25, -0.2) is 0 Å². The van der Waals surface area contributed by atoms with Crippen molar-refractivity contribution in [1.82, 2.24) is 4.90 Å². The highest BCUT2D eigenvalue weighted by Crippen LogP contribution is 2.33. The number of halogens is 2. The highest BCUT2D eigenvalue weighted by molar-refractivity contribution is 6.42. The Morgan fingerprint density at radius 1 is 1.16 bits per heavy atom. The van der Waals surface area contributed by atoms with Gasteiger partial charge in [0, 0.05) is 19.2 Å². The highest BCUT2D eigenvalue weighted by Gasteiger charge is 2.30. The van der Waals surface area contributed by atoms with Gasteiger partial charge in [-0.15, -0.1) is 0 Å². The van der Waals surface area contributed by atoms with E-state index in [-0.39, 0.29) is 24.3 Å². The van der Waals surface area contributed by atoms with E-state index in [4.69, 9.17) is 23.2 Å². The van der Waals surface area contributed by atoms with Crippen LogP contribution in [0.25, 0.3) is 0 Å². The van der Waals surface area contributed by atoms with Crippen LogP contribution in [-0.4, -0.2) is 23.3 Å². The predicted octanol–water partition coefficient (Wildman–Crippen LogP) is 4.47. The quantitative estimate of drug-likeness (QED) is 0.858. The molecule has 25 heavy (non-hydrogen) atoms. The second kappa shape index (κ2) is 7.46. The van der Waals surface area contributed by atoms with E-state index < -0.39 is 0 Å². The molecule has 1 atom stereocenters. The van der Waals surface area contributed by atoms with Crippen molar-refractivity contribution >= 4 is 40.7 Å². The van der Waals surface area contributed by atoms with E-state index in [1.54, 1.807) is 23.1 Å². The summed E-state index contributed by atoms with van der Waals surface area (Å²) in [5.41, 5.74) is 2.80. The van der Waals surface area contributed by atoms with Crippen molar-refractivity contribution in [3.63, 3.8) is 0 Å². The first-order valence-corrected chi connectivity index (χ1v) is 8.81. The summed E-state index contributed by atoms with van der Waals surface area (Å²) >= 11 is 11.9. The number of fused-ring (bicyclic) bond motifs is 1. The second-order valence-corrected chi connectivity index (χ2v) is 6.87. The van der Waals surface area contributed by atoms with Gasteiger partial charge < -0.3 is 10.2 Å². The molecule has 4 nitrogen and oxygen atoms in total. The maximum absolute atomic E-state index is 12.5. The van der Waals surface area contributed by atoms with Crippen LogP contribution in [0, 0.1) is 0 Å². The topological polar surface area (TPSA) is 49.4 Å². The normalized spacial score (nSPS) is 16.3. The van der Waals surface area contributed by atoms with Gasteiger partial charge in [0.1, 0.15) is 0 Å². The molecule has 0 aromatic heterocycles. The first-order chi connectivity index (χ1) is 12.0. The minimum Gasteiger partial charge on any atom is -0.335 e. The van der Waals surface area contributed by atoms with Crippen LogP contribution in [0.3, 0.4) is 0 Å². The van der Waals surface area contributed by atoms with Crippen molar-refractivity contribution in [3.05, 3.63) is 63.6 Å². The number of benzene rings is 2. The van der Waals surface area contributed by atoms with Crippen LogP contribution < -0.4 is 5.32 Å². The molecular formula is C19H18Cl2N2O2. The molecule has 2 amide bonds. The third-order valence-corrected chi connectivity index (χ3v) is 5.14. The molecule has 1 unspecified atom stereocenters. The average Bonchev–Trinajstić information content (AvgIpc) is 2.58. The van der Waals surface area contributed by atoms with E-state index in [1.807, 2.05) is 18.2 Å². The van der Waals surface area contributed by atoms with Crippen LogP contribution in [0.15, 0.2) is 42.5 Å². The van der Waals surface area contributed by atoms with E-state index in [9.17, 15) is 9.59 Å². The van der Waals surface area contributed by atoms with Crippen molar-refractivity contribution < 1.29 is 9.59 Å². The number of nitrogens with zero attached hydrogens (tertiary/aromatic N) is 1. The Kier molecular flexibility index (Phi) is 5.30. The third kappa shape index (κ3) is 3.97. The van der Waals surface area contributed by atoms with Gasteiger partial charge in [0.15, 0.2) is 0 Å². The fourth-order valence-corrected chi connectivity index (χ4v) is 3.51. The van der Waals surface area contributed by atoms with Gasteiger partial charge in [-0.05, 0) is 35.7 Å².